The molecule has 1 aromatic heterocycles. The molecule has 3 rings (SSSR count). The van der Waals surface area contributed by atoms with Crippen molar-refractivity contribution in [3.63, 3.8) is 0 Å². The maximum Gasteiger partial charge on any atom is 0.318 e. The van der Waals surface area contributed by atoms with Crippen LogP contribution in [-0.4, -0.2) is 53.9 Å². The minimum Gasteiger partial charge on any atom is -0.407 e. The van der Waals surface area contributed by atoms with Gasteiger partial charge in [-0.1, -0.05) is 18.9 Å². The van der Waals surface area contributed by atoms with Gasteiger partial charge in [0.25, 0.3) is 0 Å². The van der Waals surface area contributed by atoms with Crippen LogP contribution in [0, 0.1) is 5.92 Å². The molecule has 1 aromatic rings. The van der Waals surface area contributed by atoms with E-state index in [0.29, 0.717) is 30.4 Å². The monoisotopic (exact) mass is 293 g/mol. The highest BCUT2D eigenvalue weighted by atomic mass is 16.4. The van der Waals surface area contributed by atoms with Crippen LogP contribution in [0.5, 0.6) is 0 Å². The van der Waals surface area contributed by atoms with E-state index in [1.807, 2.05) is 0 Å². The van der Waals surface area contributed by atoms with E-state index in [1.54, 1.807) is 0 Å². The highest BCUT2D eigenvalue weighted by molar-refractivity contribution is 5.26. The van der Waals surface area contributed by atoms with Crippen molar-refractivity contribution in [2.24, 2.45) is 5.92 Å². The van der Waals surface area contributed by atoms with Crippen LogP contribution in [0.4, 0.5) is 6.01 Å². The zero-order valence-corrected chi connectivity index (χ0v) is 13.4. The Morgan fingerprint density at radius 2 is 2.05 bits per heavy atom. The molecule has 2 unspecified atom stereocenters. The summed E-state index contributed by atoms with van der Waals surface area (Å²) in [5, 5.41) is 11.7. The van der Waals surface area contributed by atoms with Crippen molar-refractivity contribution in [1.82, 2.24) is 20.4 Å². The zero-order chi connectivity index (χ0) is 14.8. The van der Waals surface area contributed by atoms with E-state index >= 15 is 0 Å². The molecular formula is C15H27N5O. The van der Waals surface area contributed by atoms with Gasteiger partial charge >= 0.3 is 6.01 Å². The first kappa shape index (κ1) is 14.8. The lowest BCUT2D eigenvalue weighted by molar-refractivity contribution is 0.254. The third-order valence-corrected chi connectivity index (χ3v) is 4.70. The molecule has 0 radical (unpaired) electrons. The Hall–Kier alpha value is -1.14. The number of hydrogen-bond donors (Lipinski definition) is 1. The molecule has 118 valence electrons. The Kier molecular flexibility index (Phi) is 4.45. The van der Waals surface area contributed by atoms with Crippen LogP contribution in [0.1, 0.15) is 39.0 Å². The predicted octanol–water partition coefficient (Wildman–Crippen LogP) is 1.49. The third-order valence-electron chi connectivity index (χ3n) is 4.70. The van der Waals surface area contributed by atoms with Crippen molar-refractivity contribution in [1.29, 1.82) is 0 Å². The minimum atomic E-state index is 0.629. The van der Waals surface area contributed by atoms with Gasteiger partial charge in [0.05, 0.1) is 6.54 Å². The standard InChI is InChI=1S/C15H27N5O/c1-11(2)8-16-9-14-17-18-15(21-14)20-7-6-12-4-5-13(10-20)19(12)3/h11-13,16H,4-10H2,1-3H3. The van der Waals surface area contributed by atoms with Crippen LogP contribution < -0.4 is 10.2 Å². The molecule has 2 bridgehead atoms. The molecule has 6 nitrogen and oxygen atoms in total. The van der Waals surface area contributed by atoms with Gasteiger partial charge in [-0.2, -0.15) is 0 Å². The summed E-state index contributed by atoms with van der Waals surface area (Å²) in [6.45, 7) is 8.03. The molecule has 0 aliphatic carbocycles. The second-order valence-corrected chi connectivity index (χ2v) is 6.79. The Bertz CT molecular complexity index is 461. The lowest BCUT2D eigenvalue weighted by atomic mass is 10.1. The zero-order valence-electron chi connectivity index (χ0n) is 13.4. The molecular weight excluding hydrogens is 266 g/mol. The van der Waals surface area contributed by atoms with Crippen LogP contribution in [0.15, 0.2) is 4.42 Å². The predicted molar refractivity (Wildman–Crippen MR) is 82.2 cm³/mol. The van der Waals surface area contributed by atoms with Crippen LogP contribution in [-0.2, 0) is 6.54 Å². The van der Waals surface area contributed by atoms with E-state index in [-0.39, 0.29) is 0 Å². The molecule has 2 aliphatic rings. The Labute approximate surface area is 126 Å². The van der Waals surface area contributed by atoms with Gasteiger partial charge in [0.15, 0.2) is 0 Å². The lowest BCUT2D eigenvalue weighted by Gasteiger charge is -2.24. The van der Waals surface area contributed by atoms with Gasteiger partial charge in [-0.05, 0) is 38.8 Å². The smallest absolute Gasteiger partial charge is 0.318 e. The quantitative estimate of drug-likeness (QED) is 0.887. The summed E-state index contributed by atoms with van der Waals surface area (Å²) in [6.07, 6.45) is 3.81. The first-order valence-electron chi connectivity index (χ1n) is 8.13. The maximum atomic E-state index is 5.83. The van der Waals surface area contributed by atoms with E-state index in [4.69, 9.17) is 4.42 Å². The average molecular weight is 293 g/mol. The van der Waals surface area contributed by atoms with Gasteiger partial charge in [-0.3, -0.25) is 4.90 Å². The summed E-state index contributed by atoms with van der Waals surface area (Å²) in [7, 11) is 2.25. The van der Waals surface area contributed by atoms with Gasteiger partial charge in [0.2, 0.25) is 5.89 Å². The number of nitrogens with one attached hydrogen (secondary N) is 1. The van der Waals surface area contributed by atoms with Gasteiger partial charge in [-0.25, -0.2) is 0 Å². The van der Waals surface area contributed by atoms with Crippen molar-refractivity contribution in [3.05, 3.63) is 5.89 Å². The molecule has 2 atom stereocenters. The topological polar surface area (TPSA) is 57.4 Å². The molecule has 21 heavy (non-hydrogen) atoms. The number of nitrogens with zero attached hydrogens (tertiary/aromatic N) is 4. The summed E-state index contributed by atoms with van der Waals surface area (Å²) < 4.78 is 5.83. The molecule has 0 spiro atoms. The fourth-order valence-electron chi connectivity index (χ4n) is 3.39. The molecule has 0 saturated carbocycles. The molecule has 2 saturated heterocycles. The summed E-state index contributed by atoms with van der Waals surface area (Å²) in [4.78, 5) is 4.79. The Morgan fingerprint density at radius 3 is 2.86 bits per heavy atom. The van der Waals surface area contributed by atoms with E-state index < -0.39 is 0 Å². The largest absolute Gasteiger partial charge is 0.407 e. The summed E-state index contributed by atoms with van der Waals surface area (Å²) in [5.74, 6) is 1.32. The van der Waals surface area contributed by atoms with Crippen molar-refractivity contribution in [3.8, 4) is 0 Å². The Balaban J connectivity index is 1.58. The van der Waals surface area contributed by atoms with E-state index in [0.717, 1.165) is 25.7 Å². The molecule has 0 aromatic carbocycles. The number of rotatable bonds is 5. The number of aromatic nitrogens is 2. The van der Waals surface area contributed by atoms with E-state index in [1.165, 1.54) is 19.3 Å². The normalized spacial score (nSPS) is 26.6. The summed E-state index contributed by atoms with van der Waals surface area (Å²) in [5.41, 5.74) is 0. The lowest BCUT2D eigenvalue weighted by Crippen LogP contribution is -2.36. The first-order valence-corrected chi connectivity index (χ1v) is 8.13. The van der Waals surface area contributed by atoms with Crippen LogP contribution in [0.3, 0.4) is 0 Å². The van der Waals surface area contributed by atoms with Gasteiger partial charge < -0.3 is 14.6 Å². The fraction of sp³-hybridized carbons (Fsp3) is 0.867. The molecule has 6 heteroatoms. The van der Waals surface area contributed by atoms with Crippen molar-refractivity contribution >= 4 is 6.01 Å². The SMILES string of the molecule is CC(C)CNCc1nnc(N2CCC3CCC(C2)N3C)o1. The van der Waals surface area contributed by atoms with E-state index in [2.05, 4.69) is 46.2 Å². The van der Waals surface area contributed by atoms with Gasteiger partial charge in [0.1, 0.15) is 0 Å². The van der Waals surface area contributed by atoms with Crippen molar-refractivity contribution < 1.29 is 4.42 Å². The number of likely N-dealkylation sites (N-methyl/N-ethyl adjacent to an activating group) is 1. The van der Waals surface area contributed by atoms with Crippen LogP contribution in [0.2, 0.25) is 0 Å². The molecule has 3 heterocycles. The first-order chi connectivity index (χ1) is 10.1. The maximum absolute atomic E-state index is 5.83. The van der Waals surface area contributed by atoms with Gasteiger partial charge in [-0.15, -0.1) is 5.10 Å². The molecule has 0 amide bonds. The number of anilines is 1. The third kappa shape index (κ3) is 3.37. The van der Waals surface area contributed by atoms with Crippen LogP contribution >= 0.6 is 0 Å². The molecule has 2 fully saturated rings. The summed E-state index contributed by atoms with van der Waals surface area (Å²) in [6, 6.07) is 2.05. The Morgan fingerprint density at radius 1 is 1.24 bits per heavy atom. The highest BCUT2D eigenvalue weighted by Crippen LogP contribution is 2.30. The minimum absolute atomic E-state index is 0.629. The number of fused-ring (bicyclic) bond motifs is 2. The second kappa shape index (κ2) is 6.32. The van der Waals surface area contributed by atoms with Crippen molar-refractivity contribution in [2.75, 3.05) is 31.6 Å². The van der Waals surface area contributed by atoms with E-state index in [9.17, 15) is 0 Å². The molecule has 2 aliphatic heterocycles. The van der Waals surface area contributed by atoms with Crippen LogP contribution in [0.25, 0.3) is 0 Å². The van der Waals surface area contributed by atoms with Crippen molar-refractivity contribution in [2.45, 2.75) is 51.7 Å². The van der Waals surface area contributed by atoms with Gasteiger partial charge in [0, 0.05) is 25.2 Å². The molecule has 1 N–H and O–H groups in total. The fourth-order valence-corrected chi connectivity index (χ4v) is 3.39. The highest BCUT2D eigenvalue weighted by Gasteiger charge is 2.35. The second-order valence-electron chi connectivity index (χ2n) is 6.79. The average Bonchev–Trinajstić information content (AvgIpc) is 2.96. The number of hydrogen-bond acceptors (Lipinski definition) is 6. The summed E-state index contributed by atoms with van der Waals surface area (Å²) >= 11 is 0.